The number of nitrogens with two attached hydrogens (primary N) is 1. The van der Waals surface area contributed by atoms with Crippen LogP contribution in [0.3, 0.4) is 0 Å². The fourth-order valence-corrected chi connectivity index (χ4v) is 3.27. The topological polar surface area (TPSA) is 81.2 Å². The van der Waals surface area contributed by atoms with E-state index in [0.717, 1.165) is 30.7 Å². The first-order valence-corrected chi connectivity index (χ1v) is 7.05. The smallest absolute Gasteiger partial charge is 0.293 e. The summed E-state index contributed by atoms with van der Waals surface area (Å²) in [6, 6.07) is 3.64. The van der Waals surface area contributed by atoms with Crippen molar-refractivity contribution in [2.24, 2.45) is 5.73 Å². The monoisotopic (exact) mass is 313 g/mol. The van der Waals surface area contributed by atoms with E-state index in [1.807, 2.05) is 0 Å². The number of carbonyl (C=O) groups is 1. The summed E-state index contributed by atoms with van der Waals surface area (Å²) < 4.78 is 5.28. The van der Waals surface area contributed by atoms with E-state index < -0.39 is 0 Å². The summed E-state index contributed by atoms with van der Waals surface area (Å²) in [7, 11) is 0. The first kappa shape index (κ1) is 15.0. The van der Waals surface area contributed by atoms with Crippen LogP contribution < -0.4 is 11.1 Å². The lowest BCUT2D eigenvalue weighted by Gasteiger charge is -2.15. The zero-order valence-electron chi connectivity index (χ0n) is 11.0. The molecule has 1 amide bonds. The number of hydrogen-bond acceptors (Lipinski definition) is 5. The number of fused-ring (bicyclic) bond motifs is 1. The van der Waals surface area contributed by atoms with Crippen molar-refractivity contribution in [1.29, 1.82) is 0 Å². The van der Waals surface area contributed by atoms with Crippen molar-refractivity contribution in [2.45, 2.75) is 32.2 Å². The molecule has 0 unspecified atom stereocenters. The van der Waals surface area contributed by atoms with Crippen LogP contribution in [-0.2, 0) is 12.8 Å². The van der Waals surface area contributed by atoms with E-state index in [4.69, 9.17) is 10.2 Å². The number of thiazole rings is 1. The van der Waals surface area contributed by atoms with Gasteiger partial charge in [-0.2, -0.15) is 0 Å². The van der Waals surface area contributed by atoms with Gasteiger partial charge in [0.05, 0.1) is 5.69 Å². The molecule has 3 rings (SSSR count). The van der Waals surface area contributed by atoms with Gasteiger partial charge in [0.1, 0.15) is 5.76 Å². The highest BCUT2D eigenvalue weighted by atomic mass is 35.5. The maximum atomic E-state index is 11.9. The maximum Gasteiger partial charge on any atom is 0.293 e. The van der Waals surface area contributed by atoms with Gasteiger partial charge in [-0.25, -0.2) is 4.98 Å². The fraction of sp³-hybridized carbons (Fsp3) is 0.385. The molecule has 0 spiro atoms. The van der Waals surface area contributed by atoms with Gasteiger partial charge in [-0.3, -0.25) is 10.1 Å². The molecule has 1 aliphatic carbocycles. The van der Waals surface area contributed by atoms with Crippen molar-refractivity contribution >= 4 is 34.8 Å². The number of carbonyl (C=O) groups excluding carboxylic acids is 1. The Bertz CT molecular complexity index is 623. The summed E-state index contributed by atoms with van der Waals surface area (Å²) in [5.41, 5.74) is 7.00. The van der Waals surface area contributed by atoms with Crippen LogP contribution in [-0.4, -0.2) is 16.9 Å². The van der Waals surface area contributed by atoms with Crippen LogP contribution in [0.25, 0.3) is 0 Å². The quantitative estimate of drug-likeness (QED) is 0.892. The Labute approximate surface area is 127 Å². The van der Waals surface area contributed by atoms with Gasteiger partial charge >= 0.3 is 0 Å². The van der Waals surface area contributed by atoms with Crippen LogP contribution in [0.5, 0.6) is 0 Å². The average Bonchev–Trinajstić information content (AvgIpc) is 2.94. The molecule has 2 aromatic rings. The second-order valence-corrected chi connectivity index (χ2v) is 5.84. The summed E-state index contributed by atoms with van der Waals surface area (Å²) in [6.07, 6.45) is 2.70. The number of furan rings is 1. The Balaban J connectivity index is 0.00000147. The summed E-state index contributed by atoms with van der Waals surface area (Å²) in [6.45, 7) is 1.81. The molecular formula is C13H16ClN3O2S. The highest BCUT2D eigenvalue weighted by Crippen LogP contribution is 2.29. The van der Waals surface area contributed by atoms with Crippen molar-refractivity contribution < 1.29 is 9.21 Å². The summed E-state index contributed by atoms with van der Waals surface area (Å²) in [5.74, 6) is 0.764. The fourth-order valence-electron chi connectivity index (χ4n) is 2.17. The molecule has 5 nitrogen and oxygen atoms in total. The first-order chi connectivity index (χ1) is 9.11. The van der Waals surface area contributed by atoms with E-state index in [2.05, 4.69) is 10.3 Å². The second kappa shape index (κ2) is 5.95. The number of hydrogen-bond donors (Lipinski definition) is 2. The molecule has 0 radical (unpaired) electrons. The van der Waals surface area contributed by atoms with Crippen LogP contribution >= 0.6 is 23.7 Å². The number of nitrogens with zero attached hydrogens (tertiary/aromatic N) is 1. The molecule has 0 bridgehead atoms. The molecule has 0 saturated heterocycles. The van der Waals surface area contributed by atoms with E-state index in [1.54, 1.807) is 19.1 Å². The van der Waals surface area contributed by atoms with Gasteiger partial charge in [-0.05, 0) is 38.3 Å². The Morgan fingerprint density at radius 1 is 1.55 bits per heavy atom. The molecule has 108 valence electrons. The number of halogens is 1. The predicted molar refractivity (Wildman–Crippen MR) is 80.8 cm³/mol. The molecule has 1 aliphatic rings. The van der Waals surface area contributed by atoms with Gasteiger partial charge in [0, 0.05) is 10.9 Å². The average molecular weight is 314 g/mol. The number of aryl methyl sites for hydroxylation is 2. The molecule has 0 saturated carbocycles. The van der Waals surface area contributed by atoms with Crippen LogP contribution in [0.1, 0.15) is 33.3 Å². The molecule has 2 aromatic heterocycles. The zero-order chi connectivity index (χ0) is 13.4. The highest BCUT2D eigenvalue weighted by Gasteiger charge is 2.21. The van der Waals surface area contributed by atoms with Crippen LogP contribution in [0.4, 0.5) is 5.13 Å². The van der Waals surface area contributed by atoms with Gasteiger partial charge in [0.2, 0.25) is 0 Å². The third kappa shape index (κ3) is 3.03. The van der Waals surface area contributed by atoms with E-state index in [0.29, 0.717) is 10.9 Å². The zero-order valence-corrected chi connectivity index (χ0v) is 12.6. The third-order valence-corrected chi connectivity index (χ3v) is 4.20. The molecule has 20 heavy (non-hydrogen) atoms. The predicted octanol–water partition coefficient (Wildman–Crippen LogP) is 2.53. The van der Waals surface area contributed by atoms with Crippen molar-refractivity contribution in [2.75, 3.05) is 5.32 Å². The summed E-state index contributed by atoms with van der Waals surface area (Å²) in [4.78, 5) is 17.6. The Morgan fingerprint density at radius 3 is 3.05 bits per heavy atom. The molecule has 2 heterocycles. The summed E-state index contributed by atoms with van der Waals surface area (Å²) >= 11 is 1.50. The van der Waals surface area contributed by atoms with Gasteiger partial charge in [0.25, 0.3) is 5.91 Å². The minimum Gasteiger partial charge on any atom is -0.456 e. The lowest BCUT2D eigenvalue weighted by molar-refractivity contribution is 0.0995. The standard InChI is InChI=1S/C13H15N3O2S.ClH/c1-7-2-5-10(18-7)12(17)16-13-15-9-4-3-8(14)6-11(9)19-13;/h2,5,8H,3-4,6,14H2,1H3,(H,15,16,17);1H/t8-;/m0./s1. The minimum absolute atomic E-state index is 0. The Kier molecular flexibility index (Phi) is 4.47. The number of amides is 1. The molecule has 7 heteroatoms. The van der Waals surface area contributed by atoms with Crippen molar-refractivity contribution in [3.8, 4) is 0 Å². The molecular weight excluding hydrogens is 298 g/mol. The van der Waals surface area contributed by atoms with Crippen molar-refractivity contribution in [1.82, 2.24) is 4.98 Å². The second-order valence-electron chi connectivity index (χ2n) is 4.76. The molecule has 0 aromatic carbocycles. The van der Waals surface area contributed by atoms with Gasteiger partial charge < -0.3 is 10.2 Å². The van der Waals surface area contributed by atoms with Crippen LogP contribution in [0, 0.1) is 6.92 Å². The molecule has 0 aliphatic heterocycles. The molecule has 3 N–H and O–H groups in total. The molecule has 0 fully saturated rings. The Hall–Kier alpha value is -1.37. The lowest BCUT2D eigenvalue weighted by atomic mass is 9.99. The lowest BCUT2D eigenvalue weighted by Crippen LogP contribution is -2.27. The van der Waals surface area contributed by atoms with Gasteiger partial charge in [-0.15, -0.1) is 23.7 Å². The normalized spacial score (nSPS) is 17.2. The molecule has 1 atom stereocenters. The van der Waals surface area contributed by atoms with E-state index in [1.165, 1.54) is 16.2 Å². The third-order valence-electron chi connectivity index (χ3n) is 3.16. The minimum atomic E-state index is -0.261. The van der Waals surface area contributed by atoms with E-state index in [9.17, 15) is 4.79 Å². The summed E-state index contributed by atoms with van der Waals surface area (Å²) in [5, 5.41) is 3.40. The van der Waals surface area contributed by atoms with Crippen molar-refractivity contribution in [3.63, 3.8) is 0 Å². The largest absolute Gasteiger partial charge is 0.456 e. The van der Waals surface area contributed by atoms with Crippen LogP contribution in [0.15, 0.2) is 16.5 Å². The van der Waals surface area contributed by atoms with Gasteiger partial charge in [-0.1, -0.05) is 0 Å². The number of nitrogens with one attached hydrogen (secondary N) is 1. The Morgan fingerprint density at radius 2 is 2.35 bits per heavy atom. The van der Waals surface area contributed by atoms with Crippen LogP contribution in [0.2, 0.25) is 0 Å². The van der Waals surface area contributed by atoms with Crippen molar-refractivity contribution in [3.05, 3.63) is 34.2 Å². The first-order valence-electron chi connectivity index (χ1n) is 6.24. The van der Waals surface area contributed by atoms with Gasteiger partial charge in [0.15, 0.2) is 10.9 Å². The number of rotatable bonds is 2. The maximum absolute atomic E-state index is 11.9. The SMILES string of the molecule is Cc1ccc(C(=O)Nc2nc3c(s2)C[C@@H](N)CC3)o1.Cl. The highest BCUT2D eigenvalue weighted by molar-refractivity contribution is 7.15. The number of anilines is 1. The van der Waals surface area contributed by atoms with E-state index in [-0.39, 0.29) is 24.4 Å². The van der Waals surface area contributed by atoms with E-state index >= 15 is 0 Å². The number of aromatic nitrogens is 1.